The first-order valence-electron chi connectivity index (χ1n) is 4.05. The molecule has 0 saturated heterocycles. The summed E-state index contributed by atoms with van der Waals surface area (Å²) in [5.74, 6) is -0.940. The Morgan fingerprint density at radius 1 is 1.71 bits per heavy atom. The minimum Gasteiger partial charge on any atom is -0.275 e. The van der Waals surface area contributed by atoms with Crippen LogP contribution in [-0.4, -0.2) is 30.1 Å². The average molecular weight is 198 g/mol. The van der Waals surface area contributed by atoms with E-state index in [9.17, 15) is 9.18 Å². The van der Waals surface area contributed by atoms with Crippen LogP contribution >= 0.6 is 0 Å². The van der Waals surface area contributed by atoms with Crippen molar-refractivity contribution in [1.29, 1.82) is 0 Å². The van der Waals surface area contributed by atoms with Crippen LogP contribution < -0.4 is 0 Å². The fourth-order valence-corrected chi connectivity index (χ4v) is 0.927. The number of pyridine rings is 1. The first-order chi connectivity index (χ1) is 6.65. The largest absolute Gasteiger partial charge is 0.275 e. The van der Waals surface area contributed by atoms with Crippen LogP contribution in [0, 0.1) is 5.95 Å². The summed E-state index contributed by atoms with van der Waals surface area (Å²) in [4.78, 5) is 19.4. The predicted molar refractivity (Wildman–Crippen MR) is 47.7 cm³/mol. The van der Waals surface area contributed by atoms with Crippen LogP contribution in [0.25, 0.3) is 0 Å². The van der Waals surface area contributed by atoms with Crippen LogP contribution in [0.2, 0.25) is 0 Å². The zero-order valence-corrected chi connectivity index (χ0v) is 8.03. The SMILES string of the molecule is CON(C)C(=O)Cc1cccnc1F. The number of carbonyl (C=O) groups is 1. The van der Waals surface area contributed by atoms with Gasteiger partial charge in [0.15, 0.2) is 0 Å². The second kappa shape index (κ2) is 4.66. The van der Waals surface area contributed by atoms with Crippen LogP contribution in [0.1, 0.15) is 5.56 Å². The van der Waals surface area contributed by atoms with E-state index in [-0.39, 0.29) is 17.9 Å². The third-order valence-corrected chi connectivity index (χ3v) is 1.80. The molecule has 1 heterocycles. The van der Waals surface area contributed by atoms with E-state index in [1.54, 1.807) is 6.07 Å². The van der Waals surface area contributed by atoms with Gasteiger partial charge in [0.2, 0.25) is 11.9 Å². The highest BCUT2D eigenvalue weighted by Crippen LogP contribution is 2.05. The number of hydrogen-bond acceptors (Lipinski definition) is 3. The van der Waals surface area contributed by atoms with Gasteiger partial charge in [0, 0.05) is 18.8 Å². The van der Waals surface area contributed by atoms with Gasteiger partial charge in [0.05, 0.1) is 13.5 Å². The molecule has 1 aromatic heterocycles. The Labute approximate surface area is 81.3 Å². The standard InChI is InChI=1S/C9H11FN2O2/c1-12(14-2)8(13)6-7-4-3-5-11-9(7)10/h3-5H,6H2,1-2H3. The van der Waals surface area contributed by atoms with E-state index in [1.807, 2.05) is 0 Å². The van der Waals surface area contributed by atoms with Gasteiger partial charge in [0.25, 0.3) is 0 Å². The van der Waals surface area contributed by atoms with Gasteiger partial charge in [-0.05, 0) is 6.07 Å². The molecule has 0 spiro atoms. The fourth-order valence-electron chi connectivity index (χ4n) is 0.927. The predicted octanol–water partition coefficient (Wildman–Crippen LogP) is 0.783. The highest BCUT2D eigenvalue weighted by atomic mass is 19.1. The van der Waals surface area contributed by atoms with Gasteiger partial charge in [-0.3, -0.25) is 9.63 Å². The zero-order valence-electron chi connectivity index (χ0n) is 8.03. The molecule has 76 valence electrons. The summed E-state index contributed by atoms with van der Waals surface area (Å²) in [6, 6.07) is 3.10. The number of likely N-dealkylation sites (N-methyl/N-ethyl adjacent to an activating group) is 1. The fraction of sp³-hybridized carbons (Fsp3) is 0.333. The van der Waals surface area contributed by atoms with E-state index >= 15 is 0 Å². The minimum atomic E-state index is -0.620. The average Bonchev–Trinajstić information content (AvgIpc) is 2.20. The molecule has 0 aromatic carbocycles. The third-order valence-electron chi connectivity index (χ3n) is 1.80. The van der Waals surface area contributed by atoms with Gasteiger partial charge in [-0.15, -0.1) is 0 Å². The second-order valence-corrected chi connectivity index (χ2v) is 2.70. The molecule has 0 fully saturated rings. The Hall–Kier alpha value is -1.49. The Bertz CT molecular complexity index is 330. The van der Waals surface area contributed by atoms with Crippen LogP contribution in [0.5, 0.6) is 0 Å². The van der Waals surface area contributed by atoms with Crippen LogP contribution in [-0.2, 0) is 16.1 Å². The monoisotopic (exact) mass is 198 g/mol. The van der Waals surface area contributed by atoms with Gasteiger partial charge in [-0.25, -0.2) is 10.0 Å². The van der Waals surface area contributed by atoms with Crippen molar-refractivity contribution in [2.75, 3.05) is 14.2 Å². The van der Waals surface area contributed by atoms with Gasteiger partial charge in [-0.2, -0.15) is 4.39 Å². The molecular formula is C9H11FN2O2. The topological polar surface area (TPSA) is 42.4 Å². The summed E-state index contributed by atoms with van der Waals surface area (Å²) < 4.78 is 13.0. The molecule has 0 saturated carbocycles. The van der Waals surface area contributed by atoms with Crippen molar-refractivity contribution < 1.29 is 14.0 Å². The lowest BCUT2D eigenvalue weighted by Gasteiger charge is -2.13. The number of carbonyl (C=O) groups excluding carboxylic acids is 1. The number of amides is 1. The quantitative estimate of drug-likeness (QED) is 0.532. The van der Waals surface area contributed by atoms with Crippen molar-refractivity contribution in [1.82, 2.24) is 10.0 Å². The number of rotatable bonds is 3. The molecule has 1 amide bonds. The van der Waals surface area contributed by atoms with Crippen LogP contribution in [0.4, 0.5) is 4.39 Å². The van der Waals surface area contributed by atoms with E-state index in [2.05, 4.69) is 9.82 Å². The summed E-state index contributed by atoms with van der Waals surface area (Å²) in [5.41, 5.74) is 0.265. The Kier molecular flexibility index (Phi) is 3.53. The molecule has 14 heavy (non-hydrogen) atoms. The Balaban J connectivity index is 2.70. The number of hydroxylamine groups is 2. The molecule has 4 nitrogen and oxygen atoms in total. The first kappa shape index (κ1) is 10.6. The summed E-state index contributed by atoms with van der Waals surface area (Å²) >= 11 is 0. The molecule has 0 radical (unpaired) electrons. The number of halogens is 1. The molecular weight excluding hydrogens is 187 g/mol. The molecule has 0 N–H and O–H groups in total. The van der Waals surface area contributed by atoms with Crippen molar-refractivity contribution in [3.63, 3.8) is 0 Å². The molecule has 0 atom stereocenters. The molecule has 0 aliphatic carbocycles. The number of aromatic nitrogens is 1. The van der Waals surface area contributed by atoms with E-state index < -0.39 is 5.95 Å². The van der Waals surface area contributed by atoms with Crippen molar-refractivity contribution in [2.24, 2.45) is 0 Å². The summed E-state index contributed by atoms with van der Waals surface area (Å²) in [6.07, 6.45) is 1.29. The van der Waals surface area contributed by atoms with Gasteiger partial charge < -0.3 is 0 Å². The molecule has 1 aromatic rings. The van der Waals surface area contributed by atoms with Gasteiger partial charge >= 0.3 is 0 Å². The summed E-state index contributed by atoms with van der Waals surface area (Å²) in [6.45, 7) is 0. The molecule has 0 aliphatic heterocycles. The van der Waals surface area contributed by atoms with E-state index in [0.29, 0.717) is 0 Å². The maximum Gasteiger partial charge on any atom is 0.250 e. The molecule has 5 heteroatoms. The zero-order chi connectivity index (χ0) is 10.6. The van der Waals surface area contributed by atoms with Crippen molar-refractivity contribution in [2.45, 2.75) is 6.42 Å². The van der Waals surface area contributed by atoms with Crippen LogP contribution in [0.15, 0.2) is 18.3 Å². The van der Waals surface area contributed by atoms with Crippen LogP contribution in [0.3, 0.4) is 0 Å². The lowest BCUT2D eigenvalue weighted by Crippen LogP contribution is -2.27. The molecule has 0 unspecified atom stereocenters. The third kappa shape index (κ3) is 2.50. The maximum absolute atomic E-state index is 13.0. The molecule has 0 aliphatic rings. The minimum absolute atomic E-state index is 0.0516. The van der Waals surface area contributed by atoms with E-state index in [1.165, 1.54) is 26.4 Å². The number of hydrogen-bond donors (Lipinski definition) is 0. The number of nitrogens with zero attached hydrogens (tertiary/aromatic N) is 2. The second-order valence-electron chi connectivity index (χ2n) is 2.70. The summed E-state index contributed by atoms with van der Waals surface area (Å²) in [7, 11) is 2.84. The highest BCUT2D eigenvalue weighted by molar-refractivity contribution is 5.77. The van der Waals surface area contributed by atoms with E-state index in [0.717, 1.165) is 5.06 Å². The molecule has 1 rings (SSSR count). The Morgan fingerprint density at radius 3 is 3.00 bits per heavy atom. The van der Waals surface area contributed by atoms with Gasteiger partial charge in [-0.1, -0.05) is 6.07 Å². The first-order valence-corrected chi connectivity index (χ1v) is 4.05. The lowest BCUT2D eigenvalue weighted by molar-refractivity contribution is -0.167. The highest BCUT2D eigenvalue weighted by Gasteiger charge is 2.12. The maximum atomic E-state index is 13.0. The van der Waals surface area contributed by atoms with E-state index in [4.69, 9.17) is 0 Å². The smallest absolute Gasteiger partial charge is 0.250 e. The summed E-state index contributed by atoms with van der Waals surface area (Å²) in [5, 5.41) is 1.05. The normalized spacial score (nSPS) is 9.93. The molecule has 0 bridgehead atoms. The van der Waals surface area contributed by atoms with Crippen molar-refractivity contribution in [3.8, 4) is 0 Å². The Morgan fingerprint density at radius 2 is 2.43 bits per heavy atom. The van der Waals surface area contributed by atoms with Crippen molar-refractivity contribution in [3.05, 3.63) is 29.8 Å². The van der Waals surface area contributed by atoms with Crippen molar-refractivity contribution >= 4 is 5.91 Å². The lowest BCUT2D eigenvalue weighted by atomic mass is 10.2. The van der Waals surface area contributed by atoms with Gasteiger partial charge in [0.1, 0.15) is 0 Å².